The minimum atomic E-state index is -0.917. The van der Waals surface area contributed by atoms with Crippen LogP contribution in [0.2, 0.25) is 0 Å². The zero-order valence-electron chi connectivity index (χ0n) is 26.4. The van der Waals surface area contributed by atoms with Gasteiger partial charge in [-0.3, -0.25) is 19.2 Å². The monoisotopic (exact) mass is 597 g/mol. The number of carbonyl (C=O) groups excluding carboxylic acids is 4. The normalized spacial score (nSPS) is 13.2. The first-order valence-electron chi connectivity index (χ1n) is 16.6. The molecule has 0 fully saturated rings. The fraction of sp³-hybridized carbons (Fsp3) is 0.871. The van der Waals surface area contributed by atoms with Crippen LogP contribution in [-0.2, 0) is 19.2 Å². The number of rotatable bonds is 29. The van der Waals surface area contributed by atoms with E-state index in [0.29, 0.717) is 58.2 Å². The van der Waals surface area contributed by atoms with E-state index in [9.17, 15) is 19.2 Å². The highest BCUT2D eigenvalue weighted by molar-refractivity contribution is 5.93. The molecule has 0 saturated heterocycles. The summed E-state index contributed by atoms with van der Waals surface area (Å²) in [6, 6.07) is -2.61. The van der Waals surface area contributed by atoms with Crippen LogP contribution < -0.4 is 38.9 Å². The van der Waals surface area contributed by atoms with Gasteiger partial charge < -0.3 is 38.9 Å². The van der Waals surface area contributed by atoms with Gasteiger partial charge in [0.1, 0.15) is 18.1 Å². The largest absolute Gasteiger partial charge is 0.368 e. The van der Waals surface area contributed by atoms with E-state index in [1.807, 2.05) is 0 Å². The van der Waals surface area contributed by atoms with Crippen LogP contribution in [0.25, 0.3) is 0 Å². The lowest BCUT2D eigenvalue weighted by Gasteiger charge is -2.25. The summed E-state index contributed by atoms with van der Waals surface area (Å²) in [5, 5.41) is 8.20. The molecule has 0 rings (SSSR count). The van der Waals surface area contributed by atoms with Crippen LogP contribution in [0.15, 0.2) is 0 Å². The molecule has 0 heterocycles. The van der Waals surface area contributed by atoms with Gasteiger partial charge in [-0.1, -0.05) is 84.0 Å². The van der Waals surface area contributed by atoms with Gasteiger partial charge in [-0.15, -0.1) is 0 Å². The molecule has 11 N–H and O–H groups in total. The van der Waals surface area contributed by atoms with Crippen LogP contribution in [0.1, 0.15) is 135 Å². The SMILES string of the molecule is CCCCCCCCCCCCCCCC(=O)N[C@@H](CCCN)C(=O)N[C@@H](CCCN)C(=O)N[C@@H](CCCN)C(N)=O. The Bertz CT molecular complexity index is 723. The van der Waals surface area contributed by atoms with Gasteiger partial charge in [0.2, 0.25) is 23.6 Å². The Morgan fingerprint density at radius 2 is 0.857 bits per heavy atom. The average molecular weight is 598 g/mol. The minimum Gasteiger partial charge on any atom is -0.368 e. The number of hydrogen-bond donors (Lipinski definition) is 7. The van der Waals surface area contributed by atoms with Crippen molar-refractivity contribution < 1.29 is 19.2 Å². The number of unbranched alkanes of at least 4 members (excludes halogenated alkanes) is 12. The number of primary amides is 1. The Kier molecular flexibility index (Phi) is 26.1. The Morgan fingerprint density at radius 1 is 0.500 bits per heavy atom. The quantitative estimate of drug-likeness (QED) is 0.0640. The maximum Gasteiger partial charge on any atom is 0.243 e. The summed E-state index contributed by atoms with van der Waals surface area (Å²) in [6.45, 7) is 3.30. The fourth-order valence-electron chi connectivity index (χ4n) is 4.90. The first kappa shape index (κ1) is 39.8. The molecule has 0 spiro atoms. The van der Waals surface area contributed by atoms with Gasteiger partial charge in [0.15, 0.2) is 0 Å². The lowest BCUT2D eigenvalue weighted by atomic mass is 10.0. The smallest absolute Gasteiger partial charge is 0.243 e. The molecule has 11 heteroatoms. The molecule has 0 aliphatic carbocycles. The Labute approximate surface area is 254 Å². The van der Waals surface area contributed by atoms with E-state index >= 15 is 0 Å². The molecule has 246 valence electrons. The third kappa shape index (κ3) is 21.5. The molecule has 0 aliphatic rings. The highest BCUT2D eigenvalue weighted by Gasteiger charge is 2.28. The van der Waals surface area contributed by atoms with Crippen molar-refractivity contribution in [3.8, 4) is 0 Å². The Balaban J connectivity index is 4.64. The predicted octanol–water partition coefficient (Wildman–Crippen LogP) is 2.62. The van der Waals surface area contributed by atoms with E-state index < -0.39 is 35.8 Å². The molecule has 0 aromatic heterocycles. The maximum absolute atomic E-state index is 13.2. The molecule has 0 radical (unpaired) electrons. The molecule has 0 aromatic carbocycles. The summed E-state index contributed by atoms with van der Waals surface area (Å²) < 4.78 is 0. The van der Waals surface area contributed by atoms with Crippen molar-refractivity contribution >= 4 is 23.6 Å². The summed E-state index contributed by atoms with van der Waals surface area (Å²) in [6.07, 6.45) is 18.8. The van der Waals surface area contributed by atoms with Crippen molar-refractivity contribution in [2.45, 2.75) is 153 Å². The van der Waals surface area contributed by atoms with E-state index in [-0.39, 0.29) is 12.3 Å². The van der Waals surface area contributed by atoms with Crippen molar-refractivity contribution in [2.24, 2.45) is 22.9 Å². The molecule has 11 nitrogen and oxygen atoms in total. The van der Waals surface area contributed by atoms with Gasteiger partial charge in [-0.25, -0.2) is 0 Å². The van der Waals surface area contributed by atoms with Crippen molar-refractivity contribution in [3.05, 3.63) is 0 Å². The summed E-state index contributed by atoms with van der Waals surface area (Å²) in [7, 11) is 0. The molecule has 0 aliphatic heterocycles. The van der Waals surface area contributed by atoms with E-state index in [4.69, 9.17) is 22.9 Å². The molecule has 3 atom stereocenters. The molecule has 42 heavy (non-hydrogen) atoms. The van der Waals surface area contributed by atoms with E-state index in [0.717, 1.165) is 19.3 Å². The molecule has 4 amide bonds. The highest BCUT2D eigenvalue weighted by Crippen LogP contribution is 2.13. The van der Waals surface area contributed by atoms with Gasteiger partial charge >= 0.3 is 0 Å². The third-order valence-corrected chi connectivity index (χ3v) is 7.54. The molecular weight excluding hydrogens is 534 g/mol. The van der Waals surface area contributed by atoms with Crippen molar-refractivity contribution in [2.75, 3.05) is 19.6 Å². The van der Waals surface area contributed by atoms with Crippen LogP contribution >= 0.6 is 0 Å². The van der Waals surface area contributed by atoms with Crippen molar-refractivity contribution in [1.29, 1.82) is 0 Å². The zero-order valence-corrected chi connectivity index (χ0v) is 26.4. The van der Waals surface area contributed by atoms with Gasteiger partial charge in [-0.2, -0.15) is 0 Å². The van der Waals surface area contributed by atoms with Gasteiger partial charge in [0, 0.05) is 6.42 Å². The summed E-state index contributed by atoms with van der Waals surface area (Å²) in [4.78, 5) is 50.6. The Hall–Kier alpha value is -2.24. The number of nitrogens with two attached hydrogens (primary N) is 4. The number of amides is 4. The van der Waals surface area contributed by atoms with E-state index in [1.54, 1.807) is 0 Å². The number of nitrogens with one attached hydrogen (secondary N) is 3. The molecule has 0 unspecified atom stereocenters. The van der Waals surface area contributed by atoms with Crippen LogP contribution in [-0.4, -0.2) is 61.4 Å². The zero-order chi connectivity index (χ0) is 31.4. The van der Waals surface area contributed by atoms with Gasteiger partial charge in [-0.05, 0) is 64.6 Å². The van der Waals surface area contributed by atoms with Gasteiger partial charge in [0.05, 0.1) is 0 Å². The topological polar surface area (TPSA) is 208 Å². The number of hydrogen-bond acceptors (Lipinski definition) is 7. The lowest BCUT2D eigenvalue weighted by Crippen LogP contribution is -2.56. The van der Waals surface area contributed by atoms with E-state index in [2.05, 4.69) is 22.9 Å². The second-order valence-corrected chi connectivity index (χ2v) is 11.4. The van der Waals surface area contributed by atoms with Crippen LogP contribution in [0.4, 0.5) is 0 Å². The first-order valence-corrected chi connectivity index (χ1v) is 16.6. The standard InChI is InChI=1S/C31H63N7O4/c1-2-3-4-5-6-7-8-9-10-11-12-13-14-21-28(39)36-26(19-16-23-33)30(41)38-27(20-17-24-34)31(42)37-25(29(35)40)18-15-22-32/h25-27H,2-24,32-34H2,1H3,(H2,35,40)(H,36,39)(H,37,42)(H,38,41)/t25-,26-,27-/m0/s1. The predicted molar refractivity (Wildman–Crippen MR) is 170 cm³/mol. The molecule has 0 bridgehead atoms. The summed E-state index contributed by atoms with van der Waals surface area (Å²) in [5.74, 6) is -1.83. The fourth-order valence-corrected chi connectivity index (χ4v) is 4.90. The molecular formula is C31H63N7O4. The van der Waals surface area contributed by atoms with Crippen LogP contribution in [0.5, 0.6) is 0 Å². The van der Waals surface area contributed by atoms with Crippen molar-refractivity contribution in [3.63, 3.8) is 0 Å². The van der Waals surface area contributed by atoms with Crippen LogP contribution in [0, 0.1) is 0 Å². The number of carbonyl (C=O) groups is 4. The molecule has 0 saturated carbocycles. The summed E-state index contributed by atoms with van der Waals surface area (Å²) >= 11 is 0. The second kappa shape index (κ2) is 27.6. The summed E-state index contributed by atoms with van der Waals surface area (Å²) in [5.41, 5.74) is 22.2. The molecule has 0 aromatic rings. The maximum atomic E-state index is 13.2. The Morgan fingerprint density at radius 3 is 1.26 bits per heavy atom. The van der Waals surface area contributed by atoms with Crippen LogP contribution in [0.3, 0.4) is 0 Å². The van der Waals surface area contributed by atoms with Gasteiger partial charge in [0.25, 0.3) is 0 Å². The average Bonchev–Trinajstić information content (AvgIpc) is 2.97. The van der Waals surface area contributed by atoms with E-state index in [1.165, 1.54) is 64.2 Å². The van der Waals surface area contributed by atoms with Crippen molar-refractivity contribution in [1.82, 2.24) is 16.0 Å². The minimum absolute atomic E-state index is 0.186. The second-order valence-electron chi connectivity index (χ2n) is 11.4. The highest BCUT2D eigenvalue weighted by atomic mass is 16.2. The lowest BCUT2D eigenvalue weighted by molar-refractivity contribution is -0.133. The first-order chi connectivity index (χ1) is 20.3. The third-order valence-electron chi connectivity index (χ3n) is 7.54.